The van der Waals surface area contributed by atoms with Crippen LogP contribution < -0.4 is 10.6 Å². The molecule has 7 heteroatoms. The Morgan fingerprint density at radius 3 is 2.95 bits per heavy atom. The topological polar surface area (TPSA) is 86.9 Å². The third-order valence-corrected chi connectivity index (χ3v) is 2.75. The number of nitrogens with one attached hydrogen (secondary N) is 3. The van der Waals surface area contributed by atoms with Gasteiger partial charge in [0.15, 0.2) is 0 Å². The number of anilines is 1. The molecule has 2 amide bonds. The van der Waals surface area contributed by atoms with Gasteiger partial charge in [0.25, 0.3) is 0 Å². The molecule has 100 valence electrons. The number of nitrogens with zero attached hydrogens (tertiary/aromatic N) is 1. The van der Waals surface area contributed by atoms with Crippen LogP contribution in [0.5, 0.6) is 0 Å². The highest BCUT2D eigenvalue weighted by Gasteiger charge is 2.13. The molecule has 0 spiro atoms. The normalized spacial score (nSPS) is 10.4. The van der Waals surface area contributed by atoms with Gasteiger partial charge in [-0.05, 0) is 24.6 Å². The van der Waals surface area contributed by atoms with Crippen LogP contribution >= 0.6 is 11.6 Å². The Bertz CT molecular complexity index is 596. The summed E-state index contributed by atoms with van der Waals surface area (Å²) < 4.78 is 0. The van der Waals surface area contributed by atoms with Gasteiger partial charge >= 0.3 is 11.8 Å². The van der Waals surface area contributed by atoms with Crippen molar-refractivity contribution < 1.29 is 9.59 Å². The fourth-order valence-electron chi connectivity index (χ4n) is 1.55. The molecule has 1 aromatic carbocycles. The van der Waals surface area contributed by atoms with Crippen molar-refractivity contribution in [3.8, 4) is 0 Å². The van der Waals surface area contributed by atoms with Crippen molar-refractivity contribution in [2.24, 2.45) is 0 Å². The fraction of sp³-hybridized carbons (Fsp3) is 0.250. The number of fused-ring (bicyclic) bond motifs is 1. The Hall–Kier alpha value is -2.08. The average molecular weight is 281 g/mol. The van der Waals surface area contributed by atoms with E-state index in [-0.39, 0.29) is 0 Å². The number of carbonyl (C=O) groups is 2. The van der Waals surface area contributed by atoms with Crippen LogP contribution in [0.1, 0.15) is 6.42 Å². The smallest absolute Gasteiger partial charge is 0.313 e. The average Bonchev–Trinajstić information content (AvgIpc) is 2.86. The molecular weight excluding hydrogens is 268 g/mol. The predicted octanol–water partition coefficient (Wildman–Crippen LogP) is 1.25. The van der Waals surface area contributed by atoms with Crippen LogP contribution in [0, 0.1) is 0 Å². The molecule has 19 heavy (non-hydrogen) atoms. The van der Waals surface area contributed by atoms with Crippen LogP contribution in [0.15, 0.2) is 24.5 Å². The molecule has 0 aliphatic rings. The van der Waals surface area contributed by atoms with E-state index in [1.165, 1.54) is 0 Å². The molecule has 0 fully saturated rings. The quantitative estimate of drug-likeness (QED) is 0.447. The second-order valence-electron chi connectivity index (χ2n) is 3.89. The summed E-state index contributed by atoms with van der Waals surface area (Å²) in [6, 6.07) is 5.16. The maximum Gasteiger partial charge on any atom is 0.313 e. The summed E-state index contributed by atoms with van der Waals surface area (Å²) in [5.41, 5.74) is 2.12. The van der Waals surface area contributed by atoms with Gasteiger partial charge in [0.05, 0.1) is 17.4 Å². The van der Waals surface area contributed by atoms with E-state index in [0.29, 0.717) is 24.5 Å². The monoisotopic (exact) mass is 280 g/mol. The van der Waals surface area contributed by atoms with Gasteiger partial charge in [0.2, 0.25) is 0 Å². The molecule has 0 saturated heterocycles. The molecule has 0 bridgehead atoms. The van der Waals surface area contributed by atoms with E-state index in [1.54, 1.807) is 24.5 Å². The largest absolute Gasteiger partial charge is 0.348 e. The Balaban J connectivity index is 1.95. The lowest BCUT2D eigenvalue weighted by Gasteiger charge is -2.05. The third kappa shape index (κ3) is 3.45. The number of hydrogen-bond acceptors (Lipinski definition) is 3. The summed E-state index contributed by atoms with van der Waals surface area (Å²) in [4.78, 5) is 30.0. The number of hydrogen-bond donors (Lipinski definition) is 3. The molecule has 0 saturated carbocycles. The Labute approximate surface area is 114 Å². The van der Waals surface area contributed by atoms with Crippen molar-refractivity contribution in [3.05, 3.63) is 24.5 Å². The maximum atomic E-state index is 11.6. The highest BCUT2D eigenvalue weighted by atomic mass is 35.5. The fourth-order valence-corrected chi connectivity index (χ4v) is 1.68. The number of alkyl halides is 1. The summed E-state index contributed by atoms with van der Waals surface area (Å²) in [6.07, 6.45) is 2.19. The van der Waals surface area contributed by atoms with Crippen LogP contribution in [0.3, 0.4) is 0 Å². The van der Waals surface area contributed by atoms with Crippen LogP contribution in [-0.4, -0.2) is 34.2 Å². The first kappa shape index (κ1) is 13.4. The maximum absolute atomic E-state index is 11.6. The molecule has 1 heterocycles. The van der Waals surface area contributed by atoms with Crippen LogP contribution in [0.4, 0.5) is 5.69 Å². The molecule has 0 unspecified atom stereocenters. The minimum Gasteiger partial charge on any atom is -0.348 e. The van der Waals surface area contributed by atoms with Gasteiger partial charge in [-0.3, -0.25) is 9.59 Å². The van der Waals surface area contributed by atoms with E-state index in [9.17, 15) is 9.59 Å². The van der Waals surface area contributed by atoms with Crippen molar-refractivity contribution in [3.63, 3.8) is 0 Å². The second kappa shape index (κ2) is 6.19. The van der Waals surface area contributed by atoms with Gasteiger partial charge in [0.1, 0.15) is 0 Å². The number of rotatable bonds is 4. The SMILES string of the molecule is O=C(NCCCCl)C(=O)Nc1ccc2nc[nH]c2c1. The molecule has 0 atom stereocenters. The second-order valence-corrected chi connectivity index (χ2v) is 4.26. The predicted molar refractivity (Wildman–Crippen MR) is 73.1 cm³/mol. The van der Waals surface area contributed by atoms with Crippen molar-refractivity contribution in [1.82, 2.24) is 15.3 Å². The summed E-state index contributed by atoms with van der Waals surface area (Å²) >= 11 is 5.48. The summed E-state index contributed by atoms with van der Waals surface area (Å²) in [5, 5.41) is 5.00. The lowest BCUT2D eigenvalue weighted by Crippen LogP contribution is -2.36. The van der Waals surface area contributed by atoms with E-state index < -0.39 is 11.8 Å². The highest BCUT2D eigenvalue weighted by Crippen LogP contribution is 2.15. The standard InChI is InChI=1S/C12H13ClN4O2/c13-4-1-5-14-11(18)12(19)17-8-2-3-9-10(6-8)16-7-15-9/h2-3,6-7H,1,4-5H2,(H,14,18)(H,15,16)(H,17,19). The number of imidazole rings is 1. The van der Waals surface area contributed by atoms with Gasteiger partial charge in [-0.15, -0.1) is 11.6 Å². The van der Waals surface area contributed by atoms with Crippen LogP contribution in [-0.2, 0) is 9.59 Å². The molecule has 2 aromatic rings. The van der Waals surface area contributed by atoms with E-state index >= 15 is 0 Å². The highest BCUT2D eigenvalue weighted by molar-refractivity contribution is 6.39. The van der Waals surface area contributed by atoms with Crippen LogP contribution in [0.2, 0.25) is 0 Å². The number of H-pyrrole nitrogens is 1. The number of amides is 2. The Morgan fingerprint density at radius 2 is 2.16 bits per heavy atom. The number of aromatic amines is 1. The molecule has 0 aliphatic heterocycles. The Morgan fingerprint density at radius 1 is 1.32 bits per heavy atom. The zero-order valence-electron chi connectivity index (χ0n) is 10.1. The zero-order chi connectivity index (χ0) is 13.7. The molecule has 0 radical (unpaired) electrons. The number of aromatic nitrogens is 2. The molecule has 3 N–H and O–H groups in total. The van der Waals surface area contributed by atoms with Crippen molar-refractivity contribution in [2.45, 2.75) is 6.42 Å². The number of benzene rings is 1. The molecule has 6 nitrogen and oxygen atoms in total. The Kier molecular flexibility index (Phi) is 4.35. The van der Waals surface area contributed by atoms with E-state index in [2.05, 4.69) is 20.6 Å². The number of halogens is 1. The molecule has 2 rings (SSSR count). The van der Waals surface area contributed by atoms with Crippen molar-refractivity contribution >= 4 is 40.1 Å². The minimum absolute atomic E-state index is 0.384. The van der Waals surface area contributed by atoms with E-state index in [1.807, 2.05) is 0 Å². The third-order valence-electron chi connectivity index (χ3n) is 2.48. The first-order valence-electron chi connectivity index (χ1n) is 5.79. The van der Waals surface area contributed by atoms with Gasteiger partial charge in [-0.2, -0.15) is 0 Å². The van der Waals surface area contributed by atoms with E-state index in [4.69, 9.17) is 11.6 Å². The zero-order valence-corrected chi connectivity index (χ0v) is 10.8. The lowest BCUT2D eigenvalue weighted by atomic mass is 10.2. The number of carbonyl (C=O) groups excluding carboxylic acids is 2. The van der Waals surface area contributed by atoms with Gasteiger partial charge in [-0.25, -0.2) is 4.98 Å². The van der Waals surface area contributed by atoms with Crippen molar-refractivity contribution in [2.75, 3.05) is 17.7 Å². The summed E-state index contributed by atoms with van der Waals surface area (Å²) in [6.45, 7) is 0.384. The molecular formula is C12H13ClN4O2. The minimum atomic E-state index is -0.701. The summed E-state index contributed by atoms with van der Waals surface area (Å²) in [7, 11) is 0. The van der Waals surface area contributed by atoms with Gasteiger partial charge in [-0.1, -0.05) is 0 Å². The first-order valence-corrected chi connectivity index (χ1v) is 6.32. The van der Waals surface area contributed by atoms with Gasteiger partial charge in [0, 0.05) is 18.1 Å². The molecule has 1 aromatic heterocycles. The van der Waals surface area contributed by atoms with E-state index in [0.717, 1.165) is 11.0 Å². The molecule has 0 aliphatic carbocycles. The van der Waals surface area contributed by atoms with Crippen molar-refractivity contribution in [1.29, 1.82) is 0 Å². The van der Waals surface area contributed by atoms with Gasteiger partial charge < -0.3 is 15.6 Å². The van der Waals surface area contributed by atoms with Crippen LogP contribution in [0.25, 0.3) is 11.0 Å². The summed E-state index contributed by atoms with van der Waals surface area (Å²) in [5.74, 6) is -0.929. The first-order chi connectivity index (χ1) is 9.20. The lowest BCUT2D eigenvalue weighted by molar-refractivity contribution is -0.136.